The summed E-state index contributed by atoms with van der Waals surface area (Å²) < 4.78 is 0. The van der Waals surface area contributed by atoms with E-state index < -0.39 is 0 Å². The van der Waals surface area contributed by atoms with Gasteiger partial charge in [0.2, 0.25) is 5.96 Å². The van der Waals surface area contributed by atoms with Crippen LogP contribution in [0.2, 0.25) is 0 Å². The van der Waals surface area contributed by atoms with Gasteiger partial charge in [-0.1, -0.05) is 20.8 Å². The van der Waals surface area contributed by atoms with E-state index in [1.807, 2.05) is 13.8 Å². The number of nitrogens with zero attached hydrogens (tertiary/aromatic N) is 4. The highest BCUT2D eigenvalue weighted by Crippen LogP contribution is 2.08. The Hall–Kier alpha value is -0.900. The number of hydrogen-bond donors (Lipinski definition) is 0. The van der Waals surface area contributed by atoms with Gasteiger partial charge in [0.05, 0.1) is 0 Å². The fourth-order valence-corrected chi connectivity index (χ4v) is 2.21. The van der Waals surface area contributed by atoms with Gasteiger partial charge in [-0.2, -0.15) is 0 Å². The second-order valence-corrected chi connectivity index (χ2v) is 4.55. The highest BCUT2D eigenvalue weighted by Gasteiger charge is 2.19. The number of hydrogen-bond acceptors (Lipinski definition) is 4. The standard InChI is InChI=1S/C12H22N4.C2H6/c1-3-15-7-9-16(10-8-15)12-13-6-4-5-11(2)14-12;1-2/h3-10H2,1-2H3;1-2H3. The first-order chi connectivity index (χ1) is 8.79. The van der Waals surface area contributed by atoms with Crippen LogP contribution in [-0.2, 0) is 0 Å². The zero-order chi connectivity index (χ0) is 13.4. The van der Waals surface area contributed by atoms with E-state index >= 15 is 0 Å². The maximum atomic E-state index is 4.62. The molecule has 0 spiro atoms. The quantitative estimate of drug-likeness (QED) is 0.717. The molecule has 1 saturated heterocycles. The first-order valence-corrected chi connectivity index (χ1v) is 7.35. The zero-order valence-electron chi connectivity index (χ0n) is 12.4. The molecule has 0 aromatic carbocycles. The van der Waals surface area contributed by atoms with Crippen LogP contribution in [0.5, 0.6) is 0 Å². The summed E-state index contributed by atoms with van der Waals surface area (Å²) in [7, 11) is 0. The van der Waals surface area contributed by atoms with Crippen molar-refractivity contribution in [1.82, 2.24) is 9.80 Å². The lowest BCUT2D eigenvalue weighted by Crippen LogP contribution is -2.48. The van der Waals surface area contributed by atoms with Crippen molar-refractivity contribution in [3.05, 3.63) is 0 Å². The molecule has 2 heterocycles. The Morgan fingerprint density at radius 1 is 1.11 bits per heavy atom. The van der Waals surface area contributed by atoms with Gasteiger partial charge in [-0.15, -0.1) is 0 Å². The van der Waals surface area contributed by atoms with Gasteiger partial charge in [-0.25, -0.2) is 4.99 Å². The Morgan fingerprint density at radius 2 is 1.78 bits per heavy atom. The summed E-state index contributed by atoms with van der Waals surface area (Å²) in [6, 6.07) is 0. The van der Waals surface area contributed by atoms with Crippen molar-refractivity contribution >= 4 is 11.7 Å². The van der Waals surface area contributed by atoms with Crippen LogP contribution in [0.4, 0.5) is 0 Å². The minimum atomic E-state index is 0.935. The molecule has 4 nitrogen and oxygen atoms in total. The van der Waals surface area contributed by atoms with Gasteiger partial charge in [0.15, 0.2) is 0 Å². The topological polar surface area (TPSA) is 31.2 Å². The minimum Gasteiger partial charge on any atom is -0.339 e. The summed E-state index contributed by atoms with van der Waals surface area (Å²) in [6.45, 7) is 14.9. The predicted octanol–water partition coefficient (Wildman–Crippen LogP) is 2.26. The van der Waals surface area contributed by atoms with Crippen LogP contribution in [0.25, 0.3) is 0 Å². The van der Waals surface area contributed by atoms with E-state index in [4.69, 9.17) is 0 Å². The van der Waals surface area contributed by atoms with Crippen LogP contribution in [0.3, 0.4) is 0 Å². The number of aliphatic imine (C=N–C) groups is 2. The summed E-state index contributed by atoms with van der Waals surface area (Å²) in [5.74, 6) is 0.978. The number of likely N-dealkylation sites (N-methyl/N-ethyl adjacent to an activating group) is 1. The van der Waals surface area contributed by atoms with Crippen molar-refractivity contribution in [3.8, 4) is 0 Å². The second kappa shape index (κ2) is 8.25. The molecule has 0 aromatic heterocycles. The summed E-state index contributed by atoms with van der Waals surface area (Å²) in [5.41, 5.74) is 1.23. The Morgan fingerprint density at radius 3 is 2.39 bits per heavy atom. The smallest absolute Gasteiger partial charge is 0.220 e. The Kier molecular flexibility index (Phi) is 6.94. The summed E-state index contributed by atoms with van der Waals surface area (Å²) in [6.07, 6.45) is 2.25. The van der Waals surface area contributed by atoms with Gasteiger partial charge >= 0.3 is 0 Å². The fraction of sp³-hybridized carbons (Fsp3) is 0.857. The molecule has 2 aliphatic rings. The van der Waals surface area contributed by atoms with Gasteiger partial charge in [-0.3, -0.25) is 4.99 Å². The molecule has 104 valence electrons. The van der Waals surface area contributed by atoms with E-state index in [2.05, 4.69) is 33.6 Å². The van der Waals surface area contributed by atoms with Crippen molar-refractivity contribution in [2.45, 2.75) is 40.5 Å². The molecular weight excluding hydrogens is 224 g/mol. The highest BCUT2D eigenvalue weighted by atomic mass is 15.3. The highest BCUT2D eigenvalue weighted by molar-refractivity contribution is 5.96. The molecule has 0 amide bonds. The number of guanidine groups is 1. The van der Waals surface area contributed by atoms with Crippen LogP contribution in [0.1, 0.15) is 40.5 Å². The lowest BCUT2D eigenvalue weighted by atomic mass is 10.2. The van der Waals surface area contributed by atoms with Crippen molar-refractivity contribution in [2.75, 3.05) is 39.3 Å². The summed E-state index contributed by atoms with van der Waals surface area (Å²) in [4.78, 5) is 14.0. The maximum absolute atomic E-state index is 4.62. The zero-order valence-corrected chi connectivity index (χ0v) is 12.4. The van der Waals surface area contributed by atoms with E-state index in [9.17, 15) is 0 Å². The summed E-state index contributed by atoms with van der Waals surface area (Å²) in [5, 5.41) is 0. The second-order valence-electron chi connectivity index (χ2n) is 4.55. The number of rotatable bonds is 1. The van der Waals surface area contributed by atoms with Gasteiger partial charge in [0.25, 0.3) is 0 Å². The Balaban J connectivity index is 0.000000771. The van der Waals surface area contributed by atoms with Crippen LogP contribution in [0.15, 0.2) is 9.98 Å². The third-order valence-corrected chi connectivity index (χ3v) is 3.34. The van der Waals surface area contributed by atoms with Crippen molar-refractivity contribution in [1.29, 1.82) is 0 Å². The summed E-state index contributed by atoms with van der Waals surface area (Å²) >= 11 is 0. The van der Waals surface area contributed by atoms with Gasteiger partial charge in [-0.05, 0) is 26.3 Å². The Bertz CT molecular complexity index is 288. The molecule has 0 aromatic rings. The molecule has 0 radical (unpaired) electrons. The minimum absolute atomic E-state index is 0.935. The SMILES string of the molecule is CC.CCN1CCN(C2=NCCCC(C)=N2)CC1. The van der Waals surface area contributed by atoms with E-state index in [0.717, 1.165) is 58.1 Å². The largest absolute Gasteiger partial charge is 0.339 e. The molecule has 0 saturated carbocycles. The lowest BCUT2D eigenvalue weighted by Gasteiger charge is -2.34. The molecule has 0 aliphatic carbocycles. The molecule has 0 atom stereocenters. The van der Waals surface area contributed by atoms with Gasteiger partial charge < -0.3 is 9.80 Å². The molecule has 0 unspecified atom stereocenters. The van der Waals surface area contributed by atoms with Gasteiger partial charge in [0.1, 0.15) is 0 Å². The van der Waals surface area contributed by atoms with E-state index in [0.29, 0.717) is 0 Å². The molecule has 18 heavy (non-hydrogen) atoms. The van der Waals surface area contributed by atoms with Crippen LogP contribution in [0, 0.1) is 0 Å². The molecule has 0 N–H and O–H groups in total. The van der Waals surface area contributed by atoms with Gasteiger partial charge in [0, 0.05) is 38.4 Å². The monoisotopic (exact) mass is 252 g/mol. The Labute approximate surface area is 112 Å². The average molecular weight is 252 g/mol. The van der Waals surface area contributed by atoms with Crippen molar-refractivity contribution in [3.63, 3.8) is 0 Å². The normalized spacial score (nSPS) is 21.4. The average Bonchev–Trinajstić information content (AvgIpc) is 2.66. The maximum Gasteiger partial charge on any atom is 0.220 e. The third kappa shape index (κ3) is 4.41. The fourth-order valence-electron chi connectivity index (χ4n) is 2.21. The van der Waals surface area contributed by atoms with E-state index in [1.54, 1.807) is 0 Å². The van der Waals surface area contributed by atoms with E-state index in [-0.39, 0.29) is 0 Å². The lowest BCUT2D eigenvalue weighted by molar-refractivity contribution is 0.189. The predicted molar refractivity (Wildman–Crippen MR) is 79.7 cm³/mol. The van der Waals surface area contributed by atoms with Crippen LogP contribution < -0.4 is 0 Å². The molecule has 1 fully saturated rings. The van der Waals surface area contributed by atoms with Crippen molar-refractivity contribution < 1.29 is 0 Å². The molecule has 4 heteroatoms. The van der Waals surface area contributed by atoms with Crippen LogP contribution in [-0.4, -0.2) is 60.7 Å². The van der Waals surface area contributed by atoms with E-state index in [1.165, 1.54) is 5.71 Å². The first kappa shape index (κ1) is 15.2. The number of piperazine rings is 1. The van der Waals surface area contributed by atoms with Crippen LogP contribution >= 0.6 is 0 Å². The molecular formula is C14H28N4. The molecule has 2 rings (SSSR count). The molecule has 0 bridgehead atoms. The van der Waals surface area contributed by atoms with Crippen molar-refractivity contribution in [2.24, 2.45) is 9.98 Å². The third-order valence-electron chi connectivity index (χ3n) is 3.34. The first-order valence-electron chi connectivity index (χ1n) is 7.35. The molecule has 2 aliphatic heterocycles.